The second kappa shape index (κ2) is 6.44. The van der Waals surface area contributed by atoms with Gasteiger partial charge >= 0.3 is 8.25 Å². The number of hydrogen-bond donors (Lipinski definition) is 1. The van der Waals surface area contributed by atoms with Gasteiger partial charge in [0.25, 0.3) is 0 Å². The summed E-state index contributed by atoms with van der Waals surface area (Å²) in [6.45, 7) is 0.0859. The Hall–Kier alpha value is 0.730. The Bertz CT molecular complexity index is 111. The molecule has 0 aliphatic heterocycles. The molecule has 0 radical (unpaired) electrons. The normalized spacial score (nSPS) is 16.7. The quantitative estimate of drug-likeness (QED) is 0.550. The average Bonchev–Trinajstić information content (AvgIpc) is 1.85. The summed E-state index contributed by atoms with van der Waals surface area (Å²) in [6, 6.07) is 0. The highest BCUT2D eigenvalue weighted by Gasteiger charge is 2.04. The van der Waals surface area contributed by atoms with Gasteiger partial charge in [-0.05, 0) is 6.42 Å². The van der Waals surface area contributed by atoms with Crippen molar-refractivity contribution in [2.24, 2.45) is 0 Å². The molecule has 0 aliphatic carbocycles. The maximum atomic E-state index is 9.98. The van der Waals surface area contributed by atoms with Gasteiger partial charge in [-0.15, -0.1) is 23.2 Å². The van der Waals surface area contributed by atoms with Gasteiger partial charge in [-0.1, -0.05) is 0 Å². The number of rotatable bonds is 5. The minimum Gasteiger partial charge on any atom is -0.326 e. The Morgan fingerprint density at radius 3 is 2.70 bits per heavy atom. The molecular formula is C4H9Cl2O3P. The van der Waals surface area contributed by atoms with Gasteiger partial charge < -0.3 is 9.42 Å². The largest absolute Gasteiger partial charge is 0.326 e. The fraction of sp³-hybridized carbons (Fsp3) is 1.00. The van der Waals surface area contributed by atoms with Gasteiger partial charge in [-0.2, -0.15) is 0 Å². The third-order valence-corrected chi connectivity index (χ3v) is 1.79. The summed E-state index contributed by atoms with van der Waals surface area (Å²) >= 11 is 10.9. The zero-order valence-corrected chi connectivity index (χ0v) is 7.73. The summed E-state index contributed by atoms with van der Waals surface area (Å²) in [4.78, 5) is 8.20. The molecule has 0 aliphatic rings. The third kappa shape index (κ3) is 6.84. The van der Waals surface area contributed by atoms with Crippen molar-refractivity contribution in [3.63, 3.8) is 0 Å². The van der Waals surface area contributed by atoms with E-state index in [9.17, 15) is 4.57 Å². The summed E-state index contributed by atoms with van der Waals surface area (Å²) in [6.07, 6.45) is 0.582. The highest BCUT2D eigenvalue weighted by Crippen LogP contribution is 2.17. The van der Waals surface area contributed by atoms with Crippen molar-refractivity contribution in [3.05, 3.63) is 0 Å². The van der Waals surface area contributed by atoms with Gasteiger partial charge in [-0.3, -0.25) is 4.57 Å². The zero-order chi connectivity index (χ0) is 7.98. The summed E-state index contributed by atoms with van der Waals surface area (Å²) in [5.41, 5.74) is 0. The lowest BCUT2D eigenvalue weighted by Gasteiger charge is -2.04. The number of alkyl halides is 2. The predicted molar refractivity (Wildman–Crippen MR) is 42.2 cm³/mol. The van der Waals surface area contributed by atoms with E-state index in [0.717, 1.165) is 0 Å². The Labute approximate surface area is 70.2 Å². The van der Waals surface area contributed by atoms with E-state index in [-0.39, 0.29) is 12.0 Å². The van der Waals surface area contributed by atoms with Crippen molar-refractivity contribution in [3.8, 4) is 0 Å². The van der Waals surface area contributed by atoms with E-state index < -0.39 is 8.25 Å². The summed E-state index contributed by atoms with van der Waals surface area (Å²) in [5.74, 6) is 0.434. The number of halogens is 2. The lowest BCUT2D eigenvalue weighted by molar-refractivity contribution is 0.279. The maximum Gasteiger partial charge on any atom is 0.316 e. The first-order valence-electron chi connectivity index (χ1n) is 2.72. The fourth-order valence-corrected chi connectivity index (χ4v) is 1.36. The molecule has 0 amide bonds. The zero-order valence-electron chi connectivity index (χ0n) is 5.22. The fourth-order valence-electron chi connectivity index (χ4n) is 0.363. The molecule has 0 saturated carbocycles. The first kappa shape index (κ1) is 10.7. The molecule has 0 aromatic heterocycles. The van der Waals surface area contributed by atoms with Crippen molar-refractivity contribution in [1.82, 2.24) is 0 Å². The molecule has 6 heteroatoms. The van der Waals surface area contributed by atoms with Crippen LogP contribution in [0.2, 0.25) is 0 Å². The molecular weight excluding hydrogens is 198 g/mol. The van der Waals surface area contributed by atoms with E-state index in [1.807, 2.05) is 0 Å². The van der Waals surface area contributed by atoms with E-state index in [1.165, 1.54) is 0 Å². The van der Waals surface area contributed by atoms with Crippen LogP contribution in [-0.2, 0) is 9.09 Å². The molecule has 0 rings (SSSR count). The van der Waals surface area contributed by atoms with Gasteiger partial charge in [0.2, 0.25) is 0 Å². The van der Waals surface area contributed by atoms with Crippen LogP contribution in [0.4, 0.5) is 0 Å². The second-order valence-corrected chi connectivity index (χ2v) is 3.47. The summed E-state index contributed by atoms with van der Waals surface area (Å²) in [7, 11) is -2.83. The van der Waals surface area contributed by atoms with Crippen LogP contribution in [0.25, 0.3) is 0 Å². The summed E-state index contributed by atoms with van der Waals surface area (Å²) < 4.78 is 14.3. The molecule has 2 unspecified atom stereocenters. The van der Waals surface area contributed by atoms with Crippen LogP contribution in [-0.4, -0.2) is 22.8 Å². The minimum absolute atomic E-state index is 0.0859. The van der Waals surface area contributed by atoms with Gasteiger partial charge in [0.05, 0.1) is 12.0 Å². The standard InChI is InChI=1S/C4H9Cl2O3P/c5-2-1-4(6)3-9-10(7)8/h4,10H,1-3H2,(H,7,8). The topological polar surface area (TPSA) is 46.5 Å². The second-order valence-electron chi connectivity index (χ2n) is 1.65. The van der Waals surface area contributed by atoms with Crippen LogP contribution < -0.4 is 0 Å². The van der Waals surface area contributed by atoms with Crippen molar-refractivity contribution in [2.45, 2.75) is 11.8 Å². The van der Waals surface area contributed by atoms with Crippen LogP contribution in [0.3, 0.4) is 0 Å². The van der Waals surface area contributed by atoms with E-state index in [0.29, 0.717) is 12.3 Å². The van der Waals surface area contributed by atoms with Crippen molar-refractivity contribution >= 4 is 31.5 Å². The van der Waals surface area contributed by atoms with Crippen LogP contribution >= 0.6 is 31.5 Å². The molecule has 0 heterocycles. The molecule has 0 fully saturated rings. The smallest absolute Gasteiger partial charge is 0.316 e. The van der Waals surface area contributed by atoms with Crippen LogP contribution in [0, 0.1) is 0 Å². The molecule has 0 bridgehead atoms. The molecule has 62 valence electrons. The Kier molecular flexibility index (Phi) is 6.91. The van der Waals surface area contributed by atoms with Crippen LogP contribution in [0.15, 0.2) is 0 Å². The van der Waals surface area contributed by atoms with Gasteiger partial charge in [0.1, 0.15) is 0 Å². The van der Waals surface area contributed by atoms with Crippen molar-refractivity contribution in [2.75, 3.05) is 12.5 Å². The molecule has 3 nitrogen and oxygen atoms in total. The predicted octanol–water partition coefficient (Wildman–Crippen LogP) is 1.62. The molecule has 1 N–H and O–H groups in total. The molecule has 0 saturated heterocycles. The van der Waals surface area contributed by atoms with Gasteiger partial charge in [0, 0.05) is 5.88 Å². The number of hydrogen-bond acceptors (Lipinski definition) is 2. The first-order chi connectivity index (χ1) is 4.66. The highest BCUT2D eigenvalue weighted by atomic mass is 35.5. The van der Waals surface area contributed by atoms with Crippen LogP contribution in [0.5, 0.6) is 0 Å². The van der Waals surface area contributed by atoms with E-state index in [1.54, 1.807) is 0 Å². The van der Waals surface area contributed by atoms with Gasteiger partial charge in [0.15, 0.2) is 0 Å². The lowest BCUT2D eigenvalue weighted by Crippen LogP contribution is -2.06. The van der Waals surface area contributed by atoms with E-state index >= 15 is 0 Å². The van der Waals surface area contributed by atoms with Crippen molar-refractivity contribution in [1.29, 1.82) is 0 Å². The first-order valence-corrected chi connectivity index (χ1v) is 4.96. The SMILES string of the molecule is O=[PH](O)OCC(Cl)CCCl. The van der Waals surface area contributed by atoms with E-state index in [4.69, 9.17) is 28.1 Å². The average molecular weight is 207 g/mol. The van der Waals surface area contributed by atoms with Crippen LogP contribution in [0.1, 0.15) is 6.42 Å². The Morgan fingerprint density at radius 2 is 2.30 bits per heavy atom. The Balaban J connectivity index is 3.21. The molecule has 0 aromatic rings. The van der Waals surface area contributed by atoms with E-state index in [2.05, 4.69) is 4.52 Å². The summed E-state index contributed by atoms with van der Waals surface area (Å²) in [5, 5.41) is -0.265. The Morgan fingerprint density at radius 1 is 1.70 bits per heavy atom. The monoisotopic (exact) mass is 206 g/mol. The molecule has 2 atom stereocenters. The highest BCUT2D eigenvalue weighted by molar-refractivity contribution is 7.32. The minimum atomic E-state index is -2.83. The lowest BCUT2D eigenvalue weighted by atomic mass is 10.3. The molecule has 10 heavy (non-hydrogen) atoms. The maximum absolute atomic E-state index is 9.98. The third-order valence-electron chi connectivity index (χ3n) is 0.810. The van der Waals surface area contributed by atoms with Crippen molar-refractivity contribution < 1.29 is 14.0 Å². The molecule has 0 spiro atoms. The molecule has 0 aromatic carbocycles. The van der Waals surface area contributed by atoms with Gasteiger partial charge in [-0.25, -0.2) is 0 Å².